The maximum absolute atomic E-state index is 11.7. The fraction of sp³-hybridized carbons (Fsp3) is 0.963. The molecule has 194 valence electrons. The molecule has 9 atom stereocenters. The lowest BCUT2D eigenvalue weighted by Gasteiger charge is -2.38. The minimum absolute atomic E-state index is 0.00667. The van der Waals surface area contributed by atoms with Gasteiger partial charge in [-0.15, -0.1) is 0 Å². The first-order valence-electron chi connectivity index (χ1n) is 13.4. The smallest absolute Gasteiger partial charge is 0.306 e. The first-order chi connectivity index (χ1) is 15.7. The van der Waals surface area contributed by atoms with Gasteiger partial charge in [-0.05, 0) is 99.3 Å². The number of rotatable bonds is 5. The number of cyclic esters (lactones) is 1. The minimum atomic E-state index is -0.843. The molecule has 0 amide bonds. The van der Waals surface area contributed by atoms with Gasteiger partial charge in [-0.25, -0.2) is 0 Å². The van der Waals surface area contributed by atoms with Crippen molar-refractivity contribution in [1.82, 2.24) is 0 Å². The Balaban J connectivity index is 1.20. The number of carbonyl (C=O) groups excluding carboxylic acids is 1. The summed E-state index contributed by atoms with van der Waals surface area (Å²) in [5.41, 5.74) is -2.45. The van der Waals surface area contributed by atoms with Crippen LogP contribution >= 0.6 is 0 Å². The van der Waals surface area contributed by atoms with Gasteiger partial charge in [0.2, 0.25) is 0 Å². The monoisotopic (exact) mass is 480 g/mol. The van der Waals surface area contributed by atoms with Crippen LogP contribution in [0.2, 0.25) is 0 Å². The summed E-state index contributed by atoms with van der Waals surface area (Å²) in [6, 6.07) is 0. The number of esters is 1. The van der Waals surface area contributed by atoms with Crippen molar-refractivity contribution in [3.63, 3.8) is 0 Å². The molecule has 5 rings (SSSR count). The van der Waals surface area contributed by atoms with Crippen LogP contribution in [0.3, 0.4) is 0 Å². The van der Waals surface area contributed by atoms with Gasteiger partial charge >= 0.3 is 5.97 Å². The van der Waals surface area contributed by atoms with E-state index >= 15 is 0 Å². The lowest BCUT2D eigenvalue weighted by molar-refractivity contribution is -0.209. The summed E-state index contributed by atoms with van der Waals surface area (Å²) in [7, 11) is 0. The average molecular weight is 481 g/mol. The van der Waals surface area contributed by atoms with Gasteiger partial charge in [-0.2, -0.15) is 0 Å². The highest BCUT2D eigenvalue weighted by molar-refractivity contribution is 5.72. The van der Waals surface area contributed by atoms with Crippen molar-refractivity contribution in [2.45, 2.75) is 164 Å². The molecule has 5 aliphatic heterocycles. The van der Waals surface area contributed by atoms with Gasteiger partial charge < -0.3 is 28.8 Å². The maximum atomic E-state index is 11.7. The van der Waals surface area contributed by atoms with E-state index in [1.807, 2.05) is 20.8 Å². The Morgan fingerprint density at radius 3 is 1.68 bits per heavy atom. The van der Waals surface area contributed by atoms with Crippen molar-refractivity contribution in [1.29, 1.82) is 0 Å². The summed E-state index contributed by atoms with van der Waals surface area (Å²) in [5, 5.41) is 10.4. The molecule has 0 spiro atoms. The van der Waals surface area contributed by atoms with Crippen LogP contribution in [0.25, 0.3) is 0 Å². The molecule has 5 heterocycles. The van der Waals surface area contributed by atoms with E-state index < -0.39 is 11.2 Å². The molecule has 0 bridgehead atoms. The Hall–Kier alpha value is -0.730. The van der Waals surface area contributed by atoms with Crippen LogP contribution in [0.4, 0.5) is 0 Å². The molecular weight excluding hydrogens is 436 g/mol. The van der Waals surface area contributed by atoms with Crippen molar-refractivity contribution in [2.24, 2.45) is 0 Å². The second-order valence-corrected chi connectivity index (χ2v) is 13.0. The summed E-state index contributed by atoms with van der Waals surface area (Å²) < 4.78 is 32.0. The summed E-state index contributed by atoms with van der Waals surface area (Å²) in [5.74, 6) is -0.119. The standard InChI is InChI=1S/C27H44O7/c1-23(2,29)17-9-13-26(5,31-17)20-10-14-24(3,32-20)18-7-8-19(30-18)25(4)15-11-21(33-25)27(6)16-12-22(28)34-27/h17-21,29H,7-16H2,1-6H3/t17-,18-,19-,20+,21-,24-,25-,26+,27-/m0/s1. The van der Waals surface area contributed by atoms with Crippen LogP contribution in [0.1, 0.15) is 106 Å². The SMILES string of the molecule is CC(C)(O)[C@@H]1CC[C@](C)([C@H]2CC[C@@](C)([C@@H]3CC[C@@H]([C@]4(C)CC[C@@H]([C@]5(C)CCC(=O)O5)O4)O3)O2)O1. The first-order valence-corrected chi connectivity index (χ1v) is 13.4. The summed E-state index contributed by atoms with van der Waals surface area (Å²) >= 11 is 0. The topological polar surface area (TPSA) is 83.5 Å². The van der Waals surface area contributed by atoms with E-state index in [0.717, 1.165) is 57.8 Å². The van der Waals surface area contributed by atoms with Crippen LogP contribution in [-0.2, 0) is 28.5 Å². The predicted octanol–water partition coefficient (Wildman–Crippen LogP) is 4.21. The molecular formula is C27H44O7. The lowest BCUT2D eigenvalue weighted by atomic mass is 9.89. The van der Waals surface area contributed by atoms with Gasteiger partial charge in [0, 0.05) is 6.42 Å². The number of ether oxygens (including phenoxy) is 5. The van der Waals surface area contributed by atoms with Gasteiger partial charge in [0.15, 0.2) is 0 Å². The van der Waals surface area contributed by atoms with Gasteiger partial charge in [-0.1, -0.05) is 0 Å². The van der Waals surface area contributed by atoms with Crippen LogP contribution in [0, 0.1) is 0 Å². The molecule has 0 aromatic heterocycles. The zero-order valence-corrected chi connectivity index (χ0v) is 21.9. The summed E-state index contributed by atoms with van der Waals surface area (Å²) in [4.78, 5) is 11.7. The largest absolute Gasteiger partial charge is 0.457 e. The number of hydrogen-bond acceptors (Lipinski definition) is 7. The third-order valence-electron chi connectivity index (χ3n) is 9.65. The number of hydrogen-bond donors (Lipinski definition) is 1. The zero-order chi connectivity index (χ0) is 24.6. The molecule has 0 radical (unpaired) electrons. The average Bonchev–Trinajstić information content (AvgIpc) is 3.53. The molecule has 1 N–H and O–H groups in total. The quantitative estimate of drug-likeness (QED) is 0.590. The molecule has 5 fully saturated rings. The highest BCUT2D eigenvalue weighted by atomic mass is 16.6. The molecule has 0 aliphatic carbocycles. The molecule has 34 heavy (non-hydrogen) atoms. The van der Waals surface area contributed by atoms with E-state index in [4.69, 9.17) is 23.7 Å². The van der Waals surface area contributed by atoms with Crippen LogP contribution in [-0.4, -0.2) is 69.6 Å². The second-order valence-electron chi connectivity index (χ2n) is 13.0. The second kappa shape index (κ2) is 8.14. The molecule has 7 nitrogen and oxygen atoms in total. The van der Waals surface area contributed by atoms with E-state index in [1.165, 1.54) is 0 Å². The fourth-order valence-electron chi connectivity index (χ4n) is 7.12. The predicted molar refractivity (Wildman–Crippen MR) is 125 cm³/mol. The molecule has 0 saturated carbocycles. The molecule has 7 heteroatoms. The van der Waals surface area contributed by atoms with E-state index in [0.29, 0.717) is 6.42 Å². The molecule has 0 aromatic carbocycles. The van der Waals surface area contributed by atoms with Crippen molar-refractivity contribution in [3.8, 4) is 0 Å². The molecule has 5 saturated heterocycles. The lowest BCUT2D eigenvalue weighted by Crippen LogP contribution is -2.48. The van der Waals surface area contributed by atoms with Gasteiger partial charge in [0.25, 0.3) is 0 Å². The highest BCUT2D eigenvalue weighted by Gasteiger charge is 2.58. The fourth-order valence-corrected chi connectivity index (χ4v) is 7.12. The first kappa shape index (κ1) is 24.9. The van der Waals surface area contributed by atoms with Crippen LogP contribution < -0.4 is 0 Å². The van der Waals surface area contributed by atoms with E-state index in [2.05, 4.69) is 20.8 Å². The Kier molecular flexibility index (Phi) is 5.97. The third kappa shape index (κ3) is 4.23. The zero-order valence-electron chi connectivity index (χ0n) is 21.9. The number of aliphatic hydroxyl groups is 1. The Morgan fingerprint density at radius 1 is 0.706 bits per heavy atom. The van der Waals surface area contributed by atoms with Crippen LogP contribution in [0.5, 0.6) is 0 Å². The molecule has 0 aromatic rings. The maximum Gasteiger partial charge on any atom is 0.306 e. The normalized spacial score (nSPS) is 52.0. The Bertz CT molecular complexity index is 809. The highest BCUT2D eigenvalue weighted by Crippen LogP contribution is 2.50. The Labute approximate surface area is 204 Å². The molecule has 0 unspecified atom stereocenters. The Morgan fingerprint density at radius 2 is 1.21 bits per heavy atom. The van der Waals surface area contributed by atoms with Gasteiger partial charge in [-0.3, -0.25) is 4.79 Å². The van der Waals surface area contributed by atoms with E-state index in [-0.39, 0.29) is 53.3 Å². The molecule has 5 aliphatic rings. The number of carbonyl (C=O) groups is 1. The van der Waals surface area contributed by atoms with Crippen molar-refractivity contribution in [3.05, 3.63) is 0 Å². The van der Waals surface area contributed by atoms with Gasteiger partial charge in [0.05, 0.1) is 52.9 Å². The van der Waals surface area contributed by atoms with Crippen LogP contribution in [0.15, 0.2) is 0 Å². The van der Waals surface area contributed by atoms with Crippen molar-refractivity contribution < 1.29 is 33.6 Å². The van der Waals surface area contributed by atoms with Crippen molar-refractivity contribution >= 4 is 5.97 Å². The van der Waals surface area contributed by atoms with E-state index in [9.17, 15) is 9.90 Å². The van der Waals surface area contributed by atoms with E-state index in [1.54, 1.807) is 0 Å². The summed E-state index contributed by atoms with van der Waals surface area (Å²) in [6.07, 6.45) is 8.34. The third-order valence-corrected chi connectivity index (χ3v) is 9.65. The van der Waals surface area contributed by atoms with Crippen molar-refractivity contribution in [2.75, 3.05) is 0 Å². The minimum Gasteiger partial charge on any atom is -0.457 e. The summed E-state index contributed by atoms with van der Waals surface area (Å²) in [6.45, 7) is 12.1. The van der Waals surface area contributed by atoms with Gasteiger partial charge in [0.1, 0.15) is 5.60 Å².